The summed E-state index contributed by atoms with van der Waals surface area (Å²) in [6.45, 7) is 3.73. The number of aromatic nitrogens is 4. The number of nitrogens with two attached hydrogens (primary N) is 1. The third kappa shape index (κ3) is 2.92. The molecule has 2 aromatic heterocycles. The van der Waals surface area contributed by atoms with Gasteiger partial charge in [-0.3, -0.25) is 4.68 Å². The van der Waals surface area contributed by atoms with Crippen molar-refractivity contribution in [2.24, 2.45) is 7.05 Å². The van der Waals surface area contributed by atoms with Crippen molar-refractivity contribution < 1.29 is 4.74 Å². The summed E-state index contributed by atoms with van der Waals surface area (Å²) in [6.07, 6.45) is 1.06. The molecule has 0 aliphatic carbocycles. The van der Waals surface area contributed by atoms with Crippen molar-refractivity contribution in [3.05, 3.63) is 24.3 Å². The number of nitrogens with one attached hydrogen (secondary N) is 1. The highest BCUT2D eigenvalue weighted by Crippen LogP contribution is 2.32. The number of hydrogen-bond acceptors (Lipinski definition) is 7. The highest BCUT2D eigenvalue weighted by Gasteiger charge is 2.20. The minimum Gasteiger partial charge on any atom is -0.497 e. The lowest BCUT2D eigenvalue weighted by atomic mass is 10.1. The normalized spacial score (nSPS) is 15.2. The van der Waals surface area contributed by atoms with Crippen molar-refractivity contribution in [3.8, 4) is 17.0 Å². The van der Waals surface area contributed by atoms with Gasteiger partial charge in [0.1, 0.15) is 11.6 Å². The molecule has 8 nitrogen and oxygen atoms in total. The van der Waals surface area contributed by atoms with Gasteiger partial charge < -0.3 is 20.7 Å². The highest BCUT2D eigenvalue weighted by molar-refractivity contribution is 5.98. The van der Waals surface area contributed by atoms with Gasteiger partial charge in [0.25, 0.3) is 0 Å². The molecule has 0 amide bonds. The zero-order valence-electron chi connectivity index (χ0n) is 15.1. The molecule has 1 aliphatic rings. The van der Waals surface area contributed by atoms with Crippen LogP contribution in [0.4, 0.5) is 11.8 Å². The van der Waals surface area contributed by atoms with Gasteiger partial charge in [-0.05, 0) is 37.2 Å². The Morgan fingerprint density at radius 1 is 1.12 bits per heavy atom. The Kier molecular flexibility index (Phi) is 4.34. The average Bonchev–Trinajstić information content (AvgIpc) is 2.86. The molecule has 3 N–H and O–H groups in total. The molecule has 26 heavy (non-hydrogen) atoms. The van der Waals surface area contributed by atoms with Crippen LogP contribution in [0.2, 0.25) is 0 Å². The number of aryl methyl sites for hydroxylation is 1. The van der Waals surface area contributed by atoms with Crippen LogP contribution in [0.15, 0.2) is 24.3 Å². The highest BCUT2D eigenvalue weighted by atomic mass is 16.5. The SMILES string of the molecule is COc1ccc(-c2nc(N3CCCNCC3)nc3nn(C)c(N)c23)cc1. The molecule has 8 heteroatoms. The molecule has 3 aromatic rings. The van der Waals surface area contributed by atoms with Crippen LogP contribution >= 0.6 is 0 Å². The van der Waals surface area contributed by atoms with Gasteiger partial charge >= 0.3 is 0 Å². The molecule has 1 aliphatic heterocycles. The summed E-state index contributed by atoms with van der Waals surface area (Å²) < 4.78 is 6.92. The molecular weight excluding hydrogens is 330 g/mol. The monoisotopic (exact) mass is 353 g/mol. The van der Waals surface area contributed by atoms with Crippen molar-refractivity contribution >= 4 is 22.8 Å². The first-order valence-corrected chi connectivity index (χ1v) is 8.77. The maximum atomic E-state index is 6.26. The average molecular weight is 353 g/mol. The van der Waals surface area contributed by atoms with E-state index in [1.807, 2.05) is 31.3 Å². The second-order valence-electron chi connectivity index (χ2n) is 6.40. The van der Waals surface area contributed by atoms with E-state index in [9.17, 15) is 0 Å². The van der Waals surface area contributed by atoms with E-state index in [1.165, 1.54) is 0 Å². The lowest BCUT2D eigenvalue weighted by molar-refractivity contribution is 0.415. The second-order valence-corrected chi connectivity index (χ2v) is 6.40. The zero-order chi connectivity index (χ0) is 18.1. The van der Waals surface area contributed by atoms with E-state index in [2.05, 4.69) is 15.3 Å². The van der Waals surface area contributed by atoms with E-state index < -0.39 is 0 Å². The third-order valence-corrected chi connectivity index (χ3v) is 4.71. The van der Waals surface area contributed by atoms with Gasteiger partial charge in [-0.25, -0.2) is 4.98 Å². The molecule has 0 bridgehead atoms. The number of hydrogen-bond donors (Lipinski definition) is 2. The summed E-state index contributed by atoms with van der Waals surface area (Å²) in [5.41, 5.74) is 8.65. The molecule has 0 saturated carbocycles. The Balaban J connectivity index is 1.87. The molecule has 0 unspecified atom stereocenters. The summed E-state index contributed by atoms with van der Waals surface area (Å²) in [5, 5.41) is 8.68. The number of rotatable bonds is 3. The predicted octanol–water partition coefficient (Wildman–Crippen LogP) is 1.42. The topological polar surface area (TPSA) is 94.1 Å². The number of nitrogens with zero attached hydrogens (tertiary/aromatic N) is 5. The lowest BCUT2D eigenvalue weighted by Crippen LogP contribution is -2.29. The fourth-order valence-corrected chi connectivity index (χ4v) is 3.25. The Morgan fingerprint density at radius 3 is 2.69 bits per heavy atom. The standard InChI is InChI=1S/C18H23N7O/c1-24-16(19)14-15(12-4-6-13(26-2)7-5-12)21-18(22-17(14)23-24)25-10-3-8-20-9-11-25/h4-7,20H,3,8-11,19H2,1-2H3. The van der Waals surface area contributed by atoms with E-state index in [0.717, 1.165) is 55.0 Å². The van der Waals surface area contributed by atoms with Crippen LogP contribution in [0, 0.1) is 0 Å². The van der Waals surface area contributed by atoms with Crippen molar-refractivity contribution in [3.63, 3.8) is 0 Å². The Hall–Kier alpha value is -2.87. The summed E-state index contributed by atoms with van der Waals surface area (Å²) in [4.78, 5) is 11.8. The Morgan fingerprint density at radius 2 is 1.92 bits per heavy atom. The molecule has 0 spiro atoms. The molecule has 0 atom stereocenters. The van der Waals surface area contributed by atoms with E-state index in [-0.39, 0.29) is 0 Å². The van der Waals surface area contributed by atoms with Crippen molar-refractivity contribution in [1.29, 1.82) is 0 Å². The van der Waals surface area contributed by atoms with Crippen molar-refractivity contribution in [2.75, 3.05) is 43.9 Å². The quantitative estimate of drug-likeness (QED) is 0.735. The fraction of sp³-hybridized carbons (Fsp3) is 0.389. The number of nitrogen functional groups attached to an aromatic ring is 1. The van der Waals surface area contributed by atoms with Gasteiger partial charge in [0.2, 0.25) is 5.95 Å². The van der Waals surface area contributed by atoms with Gasteiger partial charge in [0, 0.05) is 32.2 Å². The largest absolute Gasteiger partial charge is 0.497 e. The van der Waals surface area contributed by atoms with Crippen LogP contribution < -0.4 is 20.7 Å². The first kappa shape index (κ1) is 16.6. The van der Waals surface area contributed by atoms with E-state index >= 15 is 0 Å². The lowest BCUT2D eigenvalue weighted by Gasteiger charge is -2.20. The molecule has 3 heterocycles. The minimum atomic E-state index is 0.565. The fourth-order valence-electron chi connectivity index (χ4n) is 3.25. The molecular formula is C18H23N7O. The van der Waals surface area contributed by atoms with E-state index in [0.29, 0.717) is 17.4 Å². The first-order chi connectivity index (χ1) is 12.7. The maximum Gasteiger partial charge on any atom is 0.228 e. The summed E-state index contributed by atoms with van der Waals surface area (Å²) in [7, 11) is 3.48. The van der Waals surface area contributed by atoms with Crippen LogP contribution in [0.1, 0.15) is 6.42 Å². The number of methoxy groups -OCH3 is 1. The van der Waals surface area contributed by atoms with Gasteiger partial charge in [-0.15, -0.1) is 0 Å². The van der Waals surface area contributed by atoms with Crippen LogP contribution in [-0.2, 0) is 7.05 Å². The Bertz CT molecular complexity index is 911. The molecule has 0 radical (unpaired) electrons. The number of benzene rings is 1. The third-order valence-electron chi connectivity index (χ3n) is 4.71. The maximum absolute atomic E-state index is 6.26. The second kappa shape index (κ2) is 6.80. The number of anilines is 2. The smallest absolute Gasteiger partial charge is 0.228 e. The van der Waals surface area contributed by atoms with Crippen molar-refractivity contribution in [1.82, 2.24) is 25.1 Å². The summed E-state index contributed by atoms with van der Waals surface area (Å²) in [6, 6.07) is 7.82. The van der Waals surface area contributed by atoms with Crippen LogP contribution in [0.5, 0.6) is 5.75 Å². The molecule has 1 aromatic carbocycles. The predicted molar refractivity (Wildman–Crippen MR) is 102 cm³/mol. The molecule has 1 fully saturated rings. The van der Waals surface area contributed by atoms with Crippen molar-refractivity contribution in [2.45, 2.75) is 6.42 Å². The number of ether oxygens (including phenoxy) is 1. The molecule has 136 valence electrons. The van der Waals surface area contributed by atoms with Crippen LogP contribution in [-0.4, -0.2) is 53.0 Å². The van der Waals surface area contributed by atoms with Gasteiger partial charge in [-0.2, -0.15) is 10.1 Å². The van der Waals surface area contributed by atoms with Gasteiger partial charge in [0.15, 0.2) is 5.65 Å². The molecule has 1 saturated heterocycles. The van der Waals surface area contributed by atoms with Gasteiger partial charge in [-0.1, -0.05) is 0 Å². The van der Waals surface area contributed by atoms with Crippen LogP contribution in [0.25, 0.3) is 22.3 Å². The minimum absolute atomic E-state index is 0.565. The Labute approximate surface area is 152 Å². The summed E-state index contributed by atoms with van der Waals surface area (Å²) in [5.74, 6) is 2.07. The zero-order valence-corrected chi connectivity index (χ0v) is 15.1. The van der Waals surface area contributed by atoms with E-state index in [1.54, 1.807) is 11.8 Å². The summed E-state index contributed by atoms with van der Waals surface area (Å²) >= 11 is 0. The van der Waals surface area contributed by atoms with Crippen LogP contribution in [0.3, 0.4) is 0 Å². The van der Waals surface area contributed by atoms with Gasteiger partial charge in [0.05, 0.1) is 18.2 Å². The number of fused-ring (bicyclic) bond motifs is 1. The molecule has 4 rings (SSSR count). The first-order valence-electron chi connectivity index (χ1n) is 8.77. The van der Waals surface area contributed by atoms with E-state index in [4.69, 9.17) is 20.4 Å².